The highest BCUT2D eigenvalue weighted by Gasteiger charge is 2.31. The zero-order valence-electron chi connectivity index (χ0n) is 14.9. The molecule has 5 nitrogen and oxygen atoms in total. The molecule has 0 aromatic heterocycles. The van der Waals surface area contributed by atoms with E-state index in [9.17, 15) is 13.2 Å². The van der Waals surface area contributed by atoms with E-state index in [4.69, 9.17) is 11.6 Å². The molecule has 1 aliphatic rings. The molecule has 1 N–H and O–H groups in total. The molecule has 0 spiro atoms. The largest absolute Gasteiger partial charge is 0.303 e. The number of hydrogen-bond donors (Lipinski definition) is 1. The van der Waals surface area contributed by atoms with Gasteiger partial charge in [0.2, 0.25) is 5.91 Å². The highest BCUT2D eigenvalue weighted by molar-refractivity contribution is 7.94. The van der Waals surface area contributed by atoms with E-state index in [2.05, 4.69) is 5.32 Å². The van der Waals surface area contributed by atoms with Gasteiger partial charge in [-0.05, 0) is 36.8 Å². The molecule has 2 aromatic carbocycles. The standard InChI is InChI=1S/C20H21ClN2O3S/c1-15(18-9-5-6-10-19(18)21)22-13-20(24)23(16-7-3-2-4-8-16)17-11-12-27(25,26)14-17/h2-12,15,17,22H,13-14H2,1H3/t15-,17-/m1/s1. The van der Waals surface area contributed by atoms with Gasteiger partial charge in [-0.25, -0.2) is 8.42 Å². The van der Waals surface area contributed by atoms with Crippen LogP contribution in [0.1, 0.15) is 18.5 Å². The fourth-order valence-electron chi connectivity index (χ4n) is 3.09. The lowest BCUT2D eigenvalue weighted by Gasteiger charge is -2.28. The molecule has 0 radical (unpaired) electrons. The van der Waals surface area contributed by atoms with Crippen molar-refractivity contribution in [2.75, 3.05) is 17.2 Å². The van der Waals surface area contributed by atoms with Crippen LogP contribution in [-0.2, 0) is 14.6 Å². The van der Waals surface area contributed by atoms with Crippen LogP contribution in [0.3, 0.4) is 0 Å². The number of nitrogens with one attached hydrogen (secondary N) is 1. The number of para-hydroxylation sites is 1. The highest BCUT2D eigenvalue weighted by Crippen LogP contribution is 2.24. The van der Waals surface area contributed by atoms with Gasteiger partial charge in [-0.3, -0.25) is 4.79 Å². The number of carbonyl (C=O) groups excluding carboxylic acids is 1. The van der Waals surface area contributed by atoms with Crippen LogP contribution in [0, 0.1) is 0 Å². The lowest BCUT2D eigenvalue weighted by molar-refractivity contribution is -0.118. The summed E-state index contributed by atoms with van der Waals surface area (Å²) in [6, 6.07) is 15.9. The zero-order chi connectivity index (χ0) is 19.4. The lowest BCUT2D eigenvalue weighted by atomic mass is 10.1. The molecule has 0 unspecified atom stereocenters. The van der Waals surface area contributed by atoms with Crippen LogP contribution < -0.4 is 10.2 Å². The van der Waals surface area contributed by atoms with Crippen molar-refractivity contribution in [1.82, 2.24) is 5.32 Å². The number of hydrogen-bond acceptors (Lipinski definition) is 4. The molecule has 2 atom stereocenters. The van der Waals surface area contributed by atoms with E-state index in [-0.39, 0.29) is 24.2 Å². The quantitative estimate of drug-likeness (QED) is 0.801. The Balaban J connectivity index is 1.76. The van der Waals surface area contributed by atoms with E-state index in [1.807, 2.05) is 43.3 Å². The maximum Gasteiger partial charge on any atom is 0.241 e. The fourth-order valence-corrected chi connectivity index (χ4v) is 4.66. The second-order valence-corrected chi connectivity index (χ2v) is 8.79. The third kappa shape index (κ3) is 4.77. The molecule has 0 saturated carbocycles. The molecule has 142 valence electrons. The Morgan fingerprint density at radius 1 is 1.19 bits per heavy atom. The predicted octanol–water partition coefficient (Wildman–Crippen LogP) is 3.33. The first-order chi connectivity index (χ1) is 12.9. The summed E-state index contributed by atoms with van der Waals surface area (Å²) in [4.78, 5) is 14.5. The number of sulfone groups is 1. The molecule has 27 heavy (non-hydrogen) atoms. The SMILES string of the molecule is C[C@@H](NCC(=O)N(c1ccccc1)[C@@H]1C=CS(=O)(=O)C1)c1ccccc1Cl. The summed E-state index contributed by atoms with van der Waals surface area (Å²) in [6.07, 6.45) is 1.57. The smallest absolute Gasteiger partial charge is 0.241 e. The number of carbonyl (C=O) groups is 1. The molecule has 3 rings (SSSR count). The molecule has 2 aromatic rings. The Kier molecular flexibility index (Phi) is 5.99. The van der Waals surface area contributed by atoms with Gasteiger partial charge in [0, 0.05) is 22.2 Å². The topological polar surface area (TPSA) is 66.5 Å². The predicted molar refractivity (Wildman–Crippen MR) is 109 cm³/mol. The van der Waals surface area contributed by atoms with Crippen molar-refractivity contribution in [1.29, 1.82) is 0 Å². The first kappa shape index (κ1) is 19.6. The maximum atomic E-state index is 13.0. The number of halogens is 1. The molecule has 1 aliphatic heterocycles. The van der Waals surface area contributed by atoms with Gasteiger partial charge in [0.05, 0.1) is 18.3 Å². The van der Waals surface area contributed by atoms with Crippen LogP contribution in [0.4, 0.5) is 5.69 Å². The summed E-state index contributed by atoms with van der Waals surface area (Å²) in [5.41, 5.74) is 1.57. The van der Waals surface area contributed by atoms with E-state index in [1.54, 1.807) is 24.3 Å². The molecule has 0 fully saturated rings. The summed E-state index contributed by atoms with van der Waals surface area (Å²) in [5.74, 6) is -0.305. The Bertz CT molecular complexity index is 945. The van der Waals surface area contributed by atoms with Gasteiger partial charge < -0.3 is 10.2 Å². The summed E-state index contributed by atoms with van der Waals surface area (Å²) in [7, 11) is -3.27. The van der Waals surface area contributed by atoms with Crippen molar-refractivity contribution in [3.8, 4) is 0 Å². The summed E-state index contributed by atoms with van der Waals surface area (Å²) in [5, 5.41) is 5.00. The van der Waals surface area contributed by atoms with Crippen LogP contribution in [-0.4, -0.2) is 32.7 Å². The van der Waals surface area contributed by atoms with Gasteiger partial charge in [0.15, 0.2) is 9.84 Å². The van der Waals surface area contributed by atoms with Crippen LogP contribution in [0.2, 0.25) is 5.02 Å². The molecule has 1 amide bonds. The first-order valence-electron chi connectivity index (χ1n) is 8.63. The molecular weight excluding hydrogens is 384 g/mol. The van der Waals surface area contributed by atoms with Crippen LogP contribution in [0.25, 0.3) is 0 Å². The van der Waals surface area contributed by atoms with Crippen LogP contribution in [0.5, 0.6) is 0 Å². The summed E-state index contributed by atoms with van der Waals surface area (Å²) in [6.45, 7) is 1.99. The second-order valence-electron chi connectivity index (χ2n) is 6.45. The van der Waals surface area contributed by atoms with Crippen LogP contribution in [0.15, 0.2) is 66.1 Å². The molecule has 7 heteroatoms. The molecule has 0 aliphatic carbocycles. The van der Waals surface area contributed by atoms with Gasteiger partial charge in [0.25, 0.3) is 0 Å². The van der Waals surface area contributed by atoms with Crippen molar-refractivity contribution < 1.29 is 13.2 Å². The number of nitrogens with zero attached hydrogens (tertiary/aromatic N) is 1. The average molecular weight is 405 g/mol. The van der Waals surface area contributed by atoms with Crippen molar-refractivity contribution in [2.24, 2.45) is 0 Å². The number of rotatable bonds is 6. The van der Waals surface area contributed by atoms with E-state index in [0.717, 1.165) is 5.56 Å². The van der Waals surface area contributed by atoms with Crippen LogP contribution >= 0.6 is 11.6 Å². The average Bonchev–Trinajstić information content (AvgIpc) is 3.00. The normalized spacial score (nSPS) is 19.0. The molecule has 0 bridgehead atoms. The second kappa shape index (κ2) is 8.25. The zero-order valence-corrected chi connectivity index (χ0v) is 16.5. The Morgan fingerprint density at radius 2 is 1.85 bits per heavy atom. The monoisotopic (exact) mass is 404 g/mol. The van der Waals surface area contributed by atoms with Crippen molar-refractivity contribution in [2.45, 2.75) is 19.0 Å². The number of anilines is 1. The molecule has 0 saturated heterocycles. The minimum Gasteiger partial charge on any atom is -0.303 e. The maximum absolute atomic E-state index is 13.0. The third-order valence-electron chi connectivity index (χ3n) is 4.48. The number of benzene rings is 2. The lowest BCUT2D eigenvalue weighted by Crippen LogP contribution is -2.45. The molecule has 1 heterocycles. The Hall–Kier alpha value is -2.15. The Labute approximate surface area is 164 Å². The van der Waals surface area contributed by atoms with E-state index < -0.39 is 15.9 Å². The minimum atomic E-state index is -3.27. The molecular formula is C20H21ClN2O3S. The van der Waals surface area contributed by atoms with Gasteiger partial charge in [-0.2, -0.15) is 0 Å². The Morgan fingerprint density at radius 3 is 2.48 bits per heavy atom. The van der Waals surface area contributed by atoms with E-state index in [0.29, 0.717) is 10.7 Å². The van der Waals surface area contributed by atoms with E-state index >= 15 is 0 Å². The highest BCUT2D eigenvalue weighted by atomic mass is 35.5. The van der Waals surface area contributed by atoms with Gasteiger partial charge >= 0.3 is 0 Å². The minimum absolute atomic E-state index is 0.0612. The fraction of sp³-hybridized carbons (Fsp3) is 0.250. The van der Waals surface area contributed by atoms with Gasteiger partial charge in [-0.1, -0.05) is 48.0 Å². The third-order valence-corrected chi connectivity index (χ3v) is 6.20. The summed E-state index contributed by atoms with van der Waals surface area (Å²) >= 11 is 6.22. The van der Waals surface area contributed by atoms with E-state index in [1.165, 1.54) is 10.3 Å². The van der Waals surface area contributed by atoms with Gasteiger partial charge in [0.1, 0.15) is 0 Å². The van der Waals surface area contributed by atoms with Crippen molar-refractivity contribution >= 4 is 33.0 Å². The number of amides is 1. The van der Waals surface area contributed by atoms with Crippen molar-refractivity contribution in [3.63, 3.8) is 0 Å². The summed E-state index contributed by atoms with van der Waals surface area (Å²) < 4.78 is 23.7. The first-order valence-corrected chi connectivity index (χ1v) is 10.7. The van der Waals surface area contributed by atoms with Crippen molar-refractivity contribution in [3.05, 3.63) is 76.7 Å². The van der Waals surface area contributed by atoms with Gasteiger partial charge in [-0.15, -0.1) is 0 Å².